The van der Waals surface area contributed by atoms with E-state index in [-0.39, 0.29) is 30.8 Å². The number of amides is 3. The number of hydrogen-bond acceptors (Lipinski definition) is 3. The topological polar surface area (TPSA) is 69.7 Å². The largest absolute Gasteiger partial charge is 0.354 e. The molecule has 0 aliphatic carbocycles. The van der Waals surface area contributed by atoms with Crippen LogP contribution in [0.15, 0.2) is 91.0 Å². The van der Waals surface area contributed by atoms with Crippen LogP contribution in [0, 0.1) is 0 Å². The number of hydrogen-bond donors (Lipinski definition) is 1. The van der Waals surface area contributed by atoms with Gasteiger partial charge in [-0.2, -0.15) is 0 Å². The van der Waals surface area contributed by atoms with Crippen molar-refractivity contribution in [3.05, 3.63) is 113 Å². The summed E-state index contributed by atoms with van der Waals surface area (Å²) in [6, 6.07) is 27.4. The fraction of sp³-hybridized carbons (Fsp3) is 0.219. The van der Waals surface area contributed by atoms with Crippen molar-refractivity contribution in [3.8, 4) is 0 Å². The van der Waals surface area contributed by atoms with Gasteiger partial charge in [0, 0.05) is 35.5 Å². The van der Waals surface area contributed by atoms with E-state index in [0.29, 0.717) is 29.2 Å². The minimum atomic E-state index is -0.766. The molecule has 0 unspecified atom stereocenters. The number of nitrogens with zero attached hydrogens (tertiary/aromatic N) is 2. The molecule has 1 atom stereocenters. The highest BCUT2D eigenvalue weighted by atomic mass is 35.5. The first-order valence-corrected chi connectivity index (χ1v) is 13.5. The third kappa shape index (κ3) is 5.66. The average molecular weight is 540 g/mol. The van der Waals surface area contributed by atoms with E-state index in [0.717, 1.165) is 28.3 Å². The van der Waals surface area contributed by atoms with Crippen molar-refractivity contribution >= 4 is 45.8 Å². The molecule has 0 aromatic heterocycles. The Morgan fingerprint density at radius 1 is 0.897 bits per heavy atom. The molecular weight excluding hydrogens is 510 g/mol. The monoisotopic (exact) mass is 539 g/mol. The summed E-state index contributed by atoms with van der Waals surface area (Å²) in [6.07, 6.45) is 1.12. The number of rotatable bonds is 10. The summed E-state index contributed by atoms with van der Waals surface area (Å²) in [7, 11) is 0. The molecule has 7 heteroatoms. The second-order valence-electron chi connectivity index (χ2n) is 9.72. The van der Waals surface area contributed by atoms with Crippen LogP contribution in [0.5, 0.6) is 0 Å². The lowest BCUT2D eigenvalue weighted by Crippen LogP contribution is -2.53. The molecular formula is C32H30ClN3O3. The molecule has 0 fully saturated rings. The van der Waals surface area contributed by atoms with Crippen LogP contribution in [0.3, 0.4) is 0 Å². The number of halogens is 1. The van der Waals surface area contributed by atoms with E-state index in [1.54, 1.807) is 23.1 Å². The smallest absolute Gasteiger partial charge is 0.259 e. The van der Waals surface area contributed by atoms with Crippen LogP contribution in [0.25, 0.3) is 10.8 Å². The number of carbonyl (C=O) groups excluding carboxylic acids is 3. The van der Waals surface area contributed by atoms with E-state index < -0.39 is 6.04 Å². The summed E-state index contributed by atoms with van der Waals surface area (Å²) in [5.41, 5.74) is 3.08. The van der Waals surface area contributed by atoms with Crippen molar-refractivity contribution in [1.82, 2.24) is 10.2 Å². The molecule has 39 heavy (non-hydrogen) atoms. The van der Waals surface area contributed by atoms with Crippen LogP contribution in [-0.2, 0) is 22.6 Å². The molecule has 1 N–H and O–H groups in total. The van der Waals surface area contributed by atoms with Crippen LogP contribution in [0.1, 0.15) is 34.8 Å². The van der Waals surface area contributed by atoms with E-state index in [1.165, 1.54) is 4.90 Å². The van der Waals surface area contributed by atoms with Gasteiger partial charge >= 0.3 is 0 Å². The van der Waals surface area contributed by atoms with Gasteiger partial charge in [-0.1, -0.05) is 85.3 Å². The molecule has 6 nitrogen and oxygen atoms in total. The molecule has 0 saturated carbocycles. The fourth-order valence-corrected chi connectivity index (χ4v) is 5.19. The van der Waals surface area contributed by atoms with Gasteiger partial charge in [0.25, 0.3) is 5.91 Å². The third-order valence-corrected chi connectivity index (χ3v) is 7.28. The van der Waals surface area contributed by atoms with Crippen molar-refractivity contribution in [2.75, 3.05) is 18.0 Å². The molecule has 3 amide bonds. The van der Waals surface area contributed by atoms with E-state index in [1.807, 2.05) is 79.7 Å². The maximum absolute atomic E-state index is 14.1. The summed E-state index contributed by atoms with van der Waals surface area (Å²) in [4.78, 5) is 44.2. The summed E-state index contributed by atoms with van der Waals surface area (Å²) < 4.78 is 0. The maximum atomic E-state index is 14.1. The van der Waals surface area contributed by atoms with E-state index in [4.69, 9.17) is 11.6 Å². The first-order valence-electron chi connectivity index (χ1n) is 13.2. The van der Waals surface area contributed by atoms with E-state index >= 15 is 0 Å². The van der Waals surface area contributed by atoms with Crippen LogP contribution < -0.4 is 10.2 Å². The number of benzene rings is 4. The zero-order chi connectivity index (χ0) is 27.4. The highest BCUT2D eigenvalue weighted by molar-refractivity contribution is 6.30. The maximum Gasteiger partial charge on any atom is 0.259 e. The van der Waals surface area contributed by atoms with Gasteiger partial charge in [-0.25, -0.2) is 0 Å². The Bertz CT molecular complexity index is 1500. The Morgan fingerprint density at radius 3 is 2.33 bits per heavy atom. The molecule has 1 heterocycles. The lowest BCUT2D eigenvalue weighted by molar-refractivity contribution is -0.140. The molecule has 1 aliphatic heterocycles. The van der Waals surface area contributed by atoms with Crippen LogP contribution in [0.2, 0.25) is 5.02 Å². The van der Waals surface area contributed by atoms with Crippen molar-refractivity contribution < 1.29 is 14.4 Å². The van der Waals surface area contributed by atoms with Gasteiger partial charge in [-0.05, 0) is 47.2 Å². The first-order chi connectivity index (χ1) is 19.0. The van der Waals surface area contributed by atoms with Crippen LogP contribution in [0.4, 0.5) is 5.69 Å². The van der Waals surface area contributed by atoms with Crippen LogP contribution >= 0.6 is 11.6 Å². The molecule has 4 aromatic carbocycles. The number of nitrogens with one attached hydrogen (secondary N) is 1. The highest BCUT2D eigenvalue weighted by Crippen LogP contribution is 2.37. The lowest BCUT2D eigenvalue weighted by atomic mass is 10.0. The fourth-order valence-electron chi connectivity index (χ4n) is 5.07. The summed E-state index contributed by atoms with van der Waals surface area (Å²) in [5.74, 6) is -0.742. The van der Waals surface area contributed by atoms with E-state index in [9.17, 15) is 14.4 Å². The predicted molar refractivity (Wildman–Crippen MR) is 155 cm³/mol. The van der Waals surface area contributed by atoms with Gasteiger partial charge < -0.3 is 10.2 Å². The minimum absolute atomic E-state index is 0.174. The minimum Gasteiger partial charge on any atom is -0.354 e. The summed E-state index contributed by atoms with van der Waals surface area (Å²) >= 11 is 6.11. The number of anilines is 1. The third-order valence-electron chi connectivity index (χ3n) is 7.03. The Balaban J connectivity index is 1.50. The molecule has 0 radical (unpaired) electrons. The van der Waals surface area contributed by atoms with E-state index in [2.05, 4.69) is 5.32 Å². The summed E-state index contributed by atoms with van der Waals surface area (Å²) in [5, 5.41) is 5.37. The zero-order valence-corrected chi connectivity index (χ0v) is 22.5. The van der Waals surface area contributed by atoms with Gasteiger partial charge in [0.05, 0.1) is 5.69 Å². The second kappa shape index (κ2) is 11.7. The zero-order valence-electron chi connectivity index (χ0n) is 21.8. The highest BCUT2D eigenvalue weighted by Gasteiger charge is 2.35. The molecule has 1 aliphatic rings. The predicted octanol–water partition coefficient (Wildman–Crippen LogP) is 5.62. The molecule has 4 aromatic rings. The lowest BCUT2D eigenvalue weighted by Gasteiger charge is -2.33. The molecule has 0 saturated heterocycles. The normalized spacial score (nSPS) is 13.0. The van der Waals surface area contributed by atoms with Crippen molar-refractivity contribution in [3.63, 3.8) is 0 Å². The Kier molecular flexibility index (Phi) is 7.94. The Hall–Kier alpha value is -4.16. The van der Waals surface area contributed by atoms with Gasteiger partial charge in [0.1, 0.15) is 12.6 Å². The van der Waals surface area contributed by atoms with Gasteiger partial charge in [0.2, 0.25) is 11.8 Å². The first kappa shape index (κ1) is 26.4. The molecule has 5 rings (SSSR count). The average Bonchev–Trinajstić information content (AvgIpc) is 3.23. The standard InChI is InChI=1S/C32H30ClN3O3/c1-2-18-34-31(38)28(19-22-8-4-3-5-9-22)35(20-23-14-16-25(33)17-15-23)29(37)21-36-27-13-7-11-24-10-6-12-26(30(24)27)32(36)39/h3-17,28H,2,18-21H2,1H3,(H,34,38)/t28-/m1/s1. The quantitative estimate of drug-likeness (QED) is 0.284. The van der Waals surface area contributed by atoms with Gasteiger partial charge in [-0.15, -0.1) is 0 Å². The Morgan fingerprint density at radius 2 is 1.62 bits per heavy atom. The van der Waals surface area contributed by atoms with Gasteiger partial charge in [-0.3, -0.25) is 19.3 Å². The molecule has 0 spiro atoms. The molecule has 0 bridgehead atoms. The molecule has 198 valence electrons. The van der Waals surface area contributed by atoms with Crippen molar-refractivity contribution in [2.24, 2.45) is 0 Å². The van der Waals surface area contributed by atoms with Gasteiger partial charge in [0.15, 0.2) is 0 Å². The van der Waals surface area contributed by atoms with Crippen molar-refractivity contribution in [1.29, 1.82) is 0 Å². The Labute approximate surface area is 233 Å². The number of carbonyl (C=O) groups is 3. The van der Waals surface area contributed by atoms with Crippen LogP contribution in [-0.4, -0.2) is 41.8 Å². The van der Waals surface area contributed by atoms with Crippen molar-refractivity contribution in [2.45, 2.75) is 32.4 Å². The SMILES string of the molecule is CCCNC(=O)[C@@H](Cc1ccccc1)N(Cc1ccc(Cl)cc1)C(=O)CN1C(=O)c2cccc3cccc1c23. The summed E-state index contributed by atoms with van der Waals surface area (Å²) in [6.45, 7) is 2.52. The second-order valence-corrected chi connectivity index (χ2v) is 10.2.